The molecule has 0 atom stereocenters. The fourth-order valence-corrected chi connectivity index (χ4v) is 2.77. The molecule has 0 saturated heterocycles. The van der Waals surface area contributed by atoms with Gasteiger partial charge in [0.25, 0.3) is 5.78 Å². The molecule has 0 saturated carbocycles. The fourth-order valence-electron chi connectivity index (χ4n) is 1.49. The monoisotopic (exact) mass is 544 g/mol. The van der Waals surface area contributed by atoms with E-state index in [2.05, 4.69) is 0 Å². The van der Waals surface area contributed by atoms with Crippen LogP contribution in [0.3, 0.4) is 0 Å². The Morgan fingerprint density at radius 1 is 0.826 bits per heavy atom. The van der Waals surface area contributed by atoms with Gasteiger partial charge in [-0.1, -0.05) is 12.1 Å². The number of ketones is 3. The molecule has 0 aliphatic rings. The predicted molar refractivity (Wildman–Crippen MR) is 93.4 cm³/mol. The molecular formula is C15H12O5PbS2. The van der Waals surface area contributed by atoms with E-state index in [1.54, 1.807) is 35.0 Å². The summed E-state index contributed by atoms with van der Waals surface area (Å²) >= 11 is 2.37. The second-order valence-electron chi connectivity index (χ2n) is 4.07. The fraction of sp³-hybridized carbons (Fsp3) is 0. The summed E-state index contributed by atoms with van der Waals surface area (Å²) in [6, 6.07) is 6.48. The average Bonchev–Trinajstić information content (AvgIpc) is 3.18. The van der Waals surface area contributed by atoms with E-state index in [0.29, 0.717) is 21.9 Å². The van der Waals surface area contributed by atoms with Crippen LogP contribution in [0.5, 0.6) is 0 Å². The molecule has 0 bridgehead atoms. The minimum atomic E-state index is -1.33. The molecule has 2 N–H and O–H groups in total. The first kappa shape index (κ1) is 19.5. The third kappa shape index (κ3) is 5.22. The maximum atomic E-state index is 11.6. The first-order valence-corrected chi connectivity index (χ1v) is 7.76. The molecule has 5 nitrogen and oxygen atoms in total. The molecule has 0 amide bonds. The number of hydrogen-bond donors (Lipinski definition) is 2. The minimum absolute atomic E-state index is 0. The Labute approximate surface area is 159 Å². The van der Waals surface area contributed by atoms with Gasteiger partial charge in [0.1, 0.15) is 11.5 Å². The Hall–Kier alpha value is -1.59. The summed E-state index contributed by atoms with van der Waals surface area (Å²) in [5.41, 5.74) is 0. The SMILES string of the molecule is O=C(C=C(O)c1cccs1)C(=O)C(=O)C=C(O)c1cccs1.[PbH2]. The molecule has 8 heteroatoms. The number of carbonyl (C=O) groups is 3. The van der Waals surface area contributed by atoms with E-state index in [0.717, 1.165) is 0 Å². The summed E-state index contributed by atoms with van der Waals surface area (Å²) in [6.45, 7) is 0. The summed E-state index contributed by atoms with van der Waals surface area (Å²) in [5, 5.41) is 22.7. The molecule has 2 radical (unpaired) electrons. The maximum absolute atomic E-state index is 11.6. The predicted octanol–water partition coefficient (Wildman–Crippen LogP) is 2.10. The number of allylic oxidation sites excluding steroid dienone is 2. The molecule has 2 aromatic rings. The summed E-state index contributed by atoms with van der Waals surface area (Å²) in [5.74, 6) is -4.39. The quantitative estimate of drug-likeness (QED) is 0.192. The topological polar surface area (TPSA) is 91.7 Å². The van der Waals surface area contributed by atoms with Gasteiger partial charge in [0.2, 0.25) is 11.6 Å². The molecule has 0 fully saturated rings. The van der Waals surface area contributed by atoms with E-state index in [-0.39, 0.29) is 38.8 Å². The van der Waals surface area contributed by atoms with Crippen LogP contribution >= 0.6 is 22.7 Å². The molecule has 2 aromatic heterocycles. The third-order valence-corrected chi connectivity index (χ3v) is 4.32. The van der Waals surface area contributed by atoms with Gasteiger partial charge in [-0.15, -0.1) is 22.7 Å². The van der Waals surface area contributed by atoms with Crippen LogP contribution < -0.4 is 0 Å². The normalized spacial score (nSPS) is 11.7. The first-order valence-electron chi connectivity index (χ1n) is 6.00. The second-order valence-corrected chi connectivity index (χ2v) is 5.97. The number of thiophene rings is 2. The molecule has 0 aliphatic carbocycles. The van der Waals surface area contributed by atoms with E-state index >= 15 is 0 Å². The first-order chi connectivity index (χ1) is 10.5. The van der Waals surface area contributed by atoms with Crippen molar-refractivity contribution < 1.29 is 24.6 Å². The van der Waals surface area contributed by atoms with Crippen LogP contribution in [0.1, 0.15) is 9.75 Å². The summed E-state index contributed by atoms with van der Waals surface area (Å²) in [6.07, 6.45) is 1.39. The van der Waals surface area contributed by atoms with Crippen molar-refractivity contribution >= 4 is 78.8 Å². The van der Waals surface area contributed by atoms with Crippen molar-refractivity contribution in [3.05, 3.63) is 56.9 Å². The Bertz CT molecular complexity index is 694. The van der Waals surface area contributed by atoms with Gasteiger partial charge in [0.15, 0.2) is 0 Å². The van der Waals surface area contributed by atoms with Crippen LogP contribution in [-0.4, -0.2) is 54.9 Å². The van der Waals surface area contributed by atoms with Crippen molar-refractivity contribution in [3.8, 4) is 0 Å². The molecular weight excluding hydrogens is 531 g/mol. The Kier molecular flexibility index (Phi) is 7.52. The van der Waals surface area contributed by atoms with Crippen LogP contribution in [0.25, 0.3) is 11.5 Å². The number of aliphatic hydroxyl groups is 2. The Morgan fingerprint density at radius 2 is 1.22 bits per heavy atom. The molecule has 23 heavy (non-hydrogen) atoms. The van der Waals surface area contributed by atoms with Gasteiger partial charge in [0.05, 0.1) is 9.75 Å². The molecule has 0 aliphatic heterocycles. The van der Waals surface area contributed by atoms with Gasteiger partial charge in [0, 0.05) is 12.2 Å². The average molecular weight is 544 g/mol. The zero-order valence-electron chi connectivity index (χ0n) is 11.8. The number of Topliss-reactive ketones (excluding diaryl/α,β-unsaturated/α-hetero) is 1. The van der Waals surface area contributed by atoms with E-state index in [9.17, 15) is 24.6 Å². The van der Waals surface area contributed by atoms with Crippen molar-refractivity contribution in [3.63, 3.8) is 0 Å². The molecule has 118 valence electrons. The van der Waals surface area contributed by atoms with Crippen molar-refractivity contribution in [2.24, 2.45) is 0 Å². The van der Waals surface area contributed by atoms with Gasteiger partial charge in [-0.3, -0.25) is 14.4 Å². The molecule has 0 aromatic carbocycles. The van der Waals surface area contributed by atoms with Crippen LogP contribution in [-0.2, 0) is 14.4 Å². The number of carbonyl (C=O) groups excluding carboxylic acids is 3. The van der Waals surface area contributed by atoms with Crippen molar-refractivity contribution in [2.75, 3.05) is 0 Å². The van der Waals surface area contributed by atoms with E-state index in [4.69, 9.17) is 0 Å². The molecule has 0 spiro atoms. The molecule has 2 heterocycles. The number of rotatable bonds is 6. The Morgan fingerprint density at radius 3 is 1.52 bits per heavy atom. The third-order valence-electron chi connectivity index (χ3n) is 2.53. The summed E-state index contributed by atoms with van der Waals surface area (Å²) < 4.78 is 0. The van der Waals surface area contributed by atoms with Gasteiger partial charge >= 0.3 is 27.3 Å². The summed E-state index contributed by atoms with van der Waals surface area (Å²) in [4.78, 5) is 35.8. The molecule has 2 rings (SSSR count). The van der Waals surface area contributed by atoms with E-state index < -0.39 is 17.3 Å². The van der Waals surface area contributed by atoms with Crippen molar-refractivity contribution in [1.82, 2.24) is 0 Å². The Balaban J connectivity index is 0.00000264. The molecule has 0 unspecified atom stereocenters. The summed E-state index contributed by atoms with van der Waals surface area (Å²) in [7, 11) is 0. The number of hydrogen-bond acceptors (Lipinski definition) is 7. The zero-order valence-corrected chi connectivity index (χ0v) is 18.9. The van der Waals surface area contributed by atoms with Crippen molar-refractivity contribution in [1.29, 1.82) is 0 Å². The van der Waals surface area contributed by atoms with Gasteiger partial charge in [-0.05, 0) is 22.9 Å². The van der Waals surface area contributed by atoms with Gasteiger partial charge < -0.3 is 10.2 Å². The van der Waals surface area contributed by atoms with Crippen molar-refractivity contribution in [2.45, 2.75) is 0 Å². The van der Waals surface area contributed by atoms with Gasteiger partial charge in [-0.25, -0.2) is 0 Å². The van der Waals surface area contributed by atoms with Gasteiger partial charge in [-0.2, -0.15) is 0 Å². The zero-order chi connectivity index (χ0) is 16.1. The van der Waals surface area contributed by atoms with Crippen LogP contribution in [0.2, 0.25) is 0 Å². The van der Waals surface area contributed by atoms with Crippen LogP contribution in [0, 0.1) is 0 Å². The van der Waals surface area contributed by atoms with E-state index in [1.807, 2.05) is 0 Å². The van der Waals surface area contributed by atoms with Crippen LogP contribution in [0.4, 0.5) is 0 Å². The number of aliphatic hydroxyl groups excluding tert-OH is 2. The standard InChI is InChI=1S/C15H10O5S2.Pb.2H/c16-9(13-3-1-5-21-13)7-11(18)15(20)12(19)8-10(17)14-4-2-6-22-14;;;/h1-8,16-17H;;;. The van der Waals surface area contributed by atoms with Crippen LogP contribution in [0.15, 0.2) is 47.2 Å². The second kappa shape index (κ2) is 8.89. The van der Waals surface area contributed by atoms with E-state index in [1.165, 1.54) is 22.7 Å².